The summed E-state index contributed by atoms with van der Waals surface area (Å²) in [6.07, 6.45) is 3.98. The number of hydrogen-bond acceptors (Lipinski definition) is 1. The molecule has 1 unspecified atom stereocenters. The summed E-state index contributed by atoms with van der Waals surface area (Å²) >= 11 is 6.14. The summed E-state index contributed by atoms with van der Waals surface area (Å²) in [7, 11) is 0. The zero-order chi connectivity index (χ0) is 12.5. The molecule has 1 N–H and O–H groups in total. The SMILES string of the molecule is Cc1ccc(CNC2CCCC2(C)C)cc1Cl. The first-order valence-corrected chi connectivity index (χ1v) is 6.85. The Bertz CT molecular complexity index is 398. The largest absolute Gasteiger partial charge is 0.309 e. The second-order valence-corrected chi connectivity index (χ2v) is 6.31. The highest BCUT2D eigenvalue weighted by molar-refractivity contribution is 6.31. The van der Waals surface area contributed by atoms with Crippen LogP contribution in [0.1, 0.15) is 44.2 Å². The van der Waals surface area contributed by atoms with Crippen LogP contribution in [0.5, 0.6) is 0 Å². The molecule has 1 aromatic carbocycles. The Morgan fingerprint density at radius 2 is 2.18 bits per heavy atom. The van der Waals surface area contributed by atoms with Gasteiger partial charge in [0.15, 0.2) is 0 Å². The molecule has 2 heteroatoms. The van der Waals surface area contributed by atoms with Crippen LogP contribution in [-0.2, 0) is 6.54 Å². The van der Waals surface area contributed by atoms with Gasteiger partial charge in [0, 0.05) is 17.6 Å². The van der Waals surface area contributed by atoms with Crippen molar-refractivity contribution < 1.29 is 0 Å². The first-order chi connectivity index (χ1) is 7.99. The molecule has 1 saturated carbocycles. The number of benzene rings is 1. The normalized spacial score (nSPS) is 22.9. The van der Waals surface area contributed by atoms with E-state index in [-0.39, 0.29) is 0 Å². The molecule has 1 fully saturated rings. The van der Waals surface area contributed by atoms with Crippen LogP contribution in [0.3, 0.4) is 0 Å². The maximum absolute atomic E-state index is 6.14. The van der Waals surface area contributed by atoms with Gasteiger partial charge in [0.25, 0.3) is 0 Å². The third-order valence-electron chi connectivity index (χ3n) is 4.05. The molecule has 0 radical (unpaired) electrons. The summed E-state index contributed by atoms with van der Waals surface area (Å²) in [5, 5.41) is 4.55. The Morgan fingerprint density at radius 3 is 2.76 bits per heavy atom. The van der Waals surface area contributed by atoms with Gasteiger partial charge in [-0.05, 0) is 42.4 Å². The zero-order valence-corrected chi connectivity index (χ0v) is 11.8. The van der Waals surface area contributed by atoms with Crippen LogP contribution in [0.15, 0.2) is 18.2 Å². The summed E-state index contributed by atoms with van der Waals surface area (Å²) in [4.78, 5) is 0. The maximum Gasteiger partial charge on any atom is 0.0438 e. The van der Waals surface area contributed by atoms with Crippen molar-refractivity contribution in [1.29, 1.82) is 0 Å². The second kappa shape index (κ2) is 4.99. The van der Waals surface area contributed by atoms with Crippen LogP contribution < -0.4 is 5.32 Å². The molecule has 0 saturated heterocycles. The zero-order valence-electron chi connectivity index (χ0n) is 11.0. The van der Waals surface area contributed by atoms with E-state index in [1.807, 2.05) is 6.92 Å². The van der Waals surface area contributed by atoms with Crippen molar-refractivity contribution in [3.05, 3.63) is 34.3 Å². The molecule has 0 amide bonds. The van der Waals surface area contributed by atoms with Crippen molar-refractivity contribution in [1.82, 2.24) is 5.32 Å². The summed E-state index contributed by atoms with van der Waals surface area (Å²) in [5.74, 6) is 0. The van der Waals surface area contributed by atoms with E-state index < -0.39 is 0 Å². The standard InChI is InChI=1S/C15H22ClN/c1-11-6-7-12(9-13(11)16)10-17-14-5-4-8-15(14,2)3/h6-7,9,14,17H,4-5,8,10H2,1-3H3. The van der Waals surface area contributed by atoms with Crippen molar-refractivity contribution in [3.8, 4) is 0 Å². The molecule has 1 aromatic rings. The van der Waals surface area contributed by atoms with Gasteiger partial charge in [-0.1, -0.05) is 44.0 Å². The average molecular weight is 252 g/mol. The monoisotopic (exact) mass is 251 g/mol. The number of halogens is 1. The quantitative estimate of drug-likeness (QED) is 0.844. The van der Waals surface area contributed by atoms with Crippen LogP contribution in [0.4, 0.5) is 0 Å². The van der Waals surface area contributed by atoms with Crippen molar-refractivity contribution in [2.24, 2.45) is 5.41 Å². The van der Waals surface area contributed by atoms with Crippen molar-refractivity contribution in [2.75, 3.05) is 0 Å². The van der Waals surface area contributed by atoms with Gasteiger partial charge < -0.3 is 5.32 Å². The van der Waals surface area contributed by atoms with Crippen molar-refractivity contribution in [3.63, 3.8) is 0 Å². The lowest BCUT2D eigenvalue weighted by Gasteiger charge is -2.28. The van der Waals surface area contributed by atoms with Gasteiger partial charge in [-0.2, -0.15) is 0 Å². The molecular formula is C15H22ClN. The van der Waals surface area contributed by atoms with Crippen LogP contribution in [0.2, 0.25) is 5.02 Å². The number of aryl methyl sites for hydroxylation is 1. The summed E-state index contributed by atoms with van der Waals surface area (Å²) in [6.45, 7) is 7.69. The Hall–Kier alpha value is -0.530. The van der Waals surface area contributed by atoms with Crippen LogP contribution in [-0.4, -0.2) is 6.04 Å². The minimum Gasteiger partial charge on any atom is -0.309 e. The van der Waals surface area contributed by atoms with E-state index in [1.54, 1.807) is 0 Å². The molecule has 0 aromatic heterocycles. The summed E-state index contributed by atoms with van der Waals surface area (Å²) < 4.78 is 0. The van der Waals surface area contributed by atoms with Crippen LogP contribution in [0.25, 0.3) is 0 Å². The molecular weight excluding hydrogens is 230 g/mol. The fraction of sp³-hybridized carbons (Fsp3) is 0.600. The topological polar surface area (TPSA) is 12.0 Å². The van der Waals surface area contributed by atoms with Gasteiger partial charge >= 0.3 is 0 Å². The van der Waals surface area contributed by atoms with Crippen LogP contribution >= 0.6 is 11.6 Å². The van der Waals surface area contributed by atoms with Gasteiger partial charge in [-0.15, -0.1) is 0 Å². The number of nitrogens with one attached hydrogen (secondary N) is 1. The summed E-state index contributed by atoms with van der Waals surface area (Å²) in [5.41, 5.74) is 2.87. The molecule has 2 rings (SSSR count). The molecule has 94 valence electrons. The lowest BCUT2D eigenvalue weighted by molar-refractivity contribution is 0.282. The van der Waals surface area contributed by atoms with E-state index in [4.69, 9.17) is 11.6 Å². The molecule has 17 heavy (non-hydrogen) atoms. The van der Waals surface area contributed by atoms with Gasteiger partial charge in [0.2, 0.25) is 0 Å². The molecule has 0 bridgehead atoms. The number of rotatable bonds is 3. The molecule has 1 aliphatic carbocycles. The third kappa shape index (κ3) is 3.02. The van der Waals surface area contributed by atoms with E-state index >= 15 is 0 Å². The maximum atomic E-state index is 6.14. The predicted molar refractivity (Wildman–Crippen MR) is 74.4 cm³/mol. The van der Waals surface area contributed by atoms with Gasteiger partial charge in [0.1, 0.15) is 0 Å². The molecule has 0 aliphatic heterocycles. The lowest BCUT2D eigenvalue weighted by Crippen LogP contribution is -2.37. The van der Waals surface area contributed by atoms with E-state index in [0.29, 0.717) is 11.5 Å². The Labute approximate surface area is 110 Å². The van der Waals surface area contributed by atoms with E-state index in [1.165, 1.54) is 24.8 Å². The second-order valence-electron chi connectivity index (χ2n) is 5.90. The Balaban J connectivity index is 1.96. The number of hydrogen-bond donors (Lipinski definition) is 1. The fourth-order valence-electron chi connectivity index (χ4n) is 2.69. The highest BCUT2D eigenvalue weighted by atomic mass is 35.5. The summed E-state index contributed by atoms with van der Waals surface area (Å²) in [6, 6.07) is 6.98. The van der Waals surface area contributed by atoms with Crippen molar-refractivity contribution in [2.45, 2.75) is 52.6 Å². The molecule has 1 nitrogen and oxygen atoms in total. The highest BCUT2D eigenvalue weighted by Gasteiger charge is 2.33. The first-order valence-electron chi connectivity index (χ1n) is 6.47. The minimum absolute atomic E-state index is 0.439. The van der Waals surface area contributed by atoms with E-state index in [0.717, 1.165) is 17.1 Å². The third-order valence-corrected chi connectivity index (χ3v) is 4.45. The van der Waals surface area contributed by atoms with E-state index in [9.17, 15) is 0 Å². The fourth-order valence-corrected chi connectivity index (χ4v) is 2.90. The van der Waals surface area contributed by atoms with Crippen LogP contribution in [0, 0.1) is 12.3 Å². The van der Waals surface area contributed by atoms with Gasteiger partial charge in [-0.25, -0.2) is 0 Å². The highest BCUT2D eigenvalue weighted by Crippen LogP contribution is 2.37. The first kappa shape index (κ1) is 12.9. The lowest BCUT2D eigenvalue weighted by atomic mass is 9.87. The molecule has 1 atom stereocenters. The Kier molecular flexibility index (Phi) is 3.79. The molecule has 1 aliphatic rings. The van der Waals surface area contributed by atoms with Gasteiger partial charge in [-0.3, -0.25) is 0 Å². The average Bonchev–Trinajstić information content (AvgIpc) is 2.60. The molecule has 0 spiro atoms. The smallest absolute Gasteiger partial charge is 0.0438 e. The van der Waals surface area contributed by atoms with E-state index in [2.05, 4.69) is 37.4 Å². The molecule has 0 heterocycles. The minimum atomic E-state index is 0.439. The Morgan fingerprint density at radius 1 is 1.41 bits per heavy atom. The van der Waals surface area contributed by atoms with Crippen molar-refractivity contribution >= 4 is 11.6 Å². The van der Waals surface area contributed by atoms with Gasteiger partial charge in [0.05, 0.1) is 0 Å². The predicted octanol–water partition coefficient (Wildman–Crippen LogP) is 4.32.